The van der Waals surface area contributed by atoms with Crippen LogP contribution < -0.4 is 10.1 Å². The quantitative estimate of drug-likeness (QED) is 0.804. The van der Waals surface area contributed by atoms with E-state index < -0.39 is 0 Å². The Labute approximate surface area is 138 Å². The van der Waals surface area contributed by atoms with Crippen molar-refractivity contribution in [1.82, 2.24) is 10.2 Å². The Kier molecular flexibility index (Phi) is 11.4. The van der Waals surface area contributed by atoms with Gasteiger partial charge in [-0.05, 0) is 43.7 Å². The van der Waals surface area contributed by atoms with Crippen LogP contribution in [0, 0.1) is 0 Å². The Hall–Kier alpha value is -0.190. The molecule has 1 aromatic rings. The highest BCUT2D eigenvalue weighted by Crippen LogP contribution is 2.15. The number of piperazine rings is 1. The van der Waals surface area contributed by atoms with Crippen molar-refractivity contribution in [2.75, 3.05) is 39.3 Å². The molecule has 0 bridgehead atoms. The van der Waals surface area contributed by atoms with Crippen molar-refractivity contribution in [2.24, 2.45) is 0 Å². The number of unbranched alkanes of at least 4 members (excludes halogenated alkanes) is 1. The largest absolute Gasteiger partial charge is 0.494 e. The van der Waals surface area contributed by atoms with Crippen LogP contribution in [0.2, 0.25) is 5.02 Å². The van der Waals surface area contributed by atoms with Gasteiger partial charge in [0.1, 0.15) is 5.75 Å². The average Bonchev–Trinajstić information content (AvgIpc) is 2.42. The van der Waals surface area contributed by atoms with Gasteiger partial charge in [0, 0.05) is 31.2 Å². The summed E-state index contributed by atoms with van der Waals surface area (Å²) in [6, 6.07) is 7.55. The first-order valence-corrected chi connectivity index (χ1v) is 7.04. The standard InChI is InChI=1S/C14H21ClN2O.2ClH/c15-13-3-5-14(6-4-13)18-12-2-1-9-17-10-7-16-8-11-17;;/h3-6,16H,1-2,7-12H2;2*1H. The van der Waals surface area contributed by atoms with Crippen LogP contribution >= 0.6 is 36.4 Å². The summed E-state index contributed by atoms with van der Waals surface area (Å²) < 4.78 is 5.66. The van der Waals surface area contributed by atoms with E-state index in [0.29, 0.717) is 0 Å². The summed E-state index contributed by atoms with van der Waals surface area (Å²) in [4.78, 5) is 2.51. The van der Waals surface area contributed by atoms with Gasteiger partial charge in [0.05, 0.1) is 6.61 Å². The molecule has 0 spiro atoms. The van der Waals surface area contributed by atoms with Gasteiger partial charge in [-0.15, -0.1) is 24.8 Å². The van der Waals surface area contributed by atoms with Crippen LogP contribution in [0.5, 0.6) is 5.75 Å². The van der Waals surface area contributed by atoms with Gasteiger partial charge >= 0.3 is 0 Å². The molecule has 1 N–H and O–H groups in total. The highest BCUT2D eigenvalue weighted by Gasteiger charge is 2.08. The second kappa shape index (κ2) is 11.5. The molecular formula is C14H23Cl3N2O. The molecule has 116 valence electrons. The molecule has 1 saturated heterocycles. The average molecular weight is 342 g/mol. The lowest BCUT2D eigenvalue weighted by molar-refractivity contribution is 0.226. The molecule has 0 atom stereocenters. The molecule has 3 nitrogen and oxygen atoms in total. The van der Waals surface area contributed by atoms with E-state index in [1.807, 2.05) is 24.3 Å². The predicted octanol–water partition coefficient (Wildman–Crippen LogP) is 3.25. The molecule has 0 saturated carbocycles. The first kappa shape index (κ1) is 19.8. The van der Waals surface area contributed by atoms with E-state index in [4.69, 9.17) is 16.3 Å². The molecule has 1 aliphatic rings. The third-order valence-electron chi connectivity index (χ3n) is 3.16. The number of rotatable bonds is 6. The Morgan fingerprint density at radius 1 is 1.05 bits per heavy atom. The first-order chi connectivity index (χ1) is 8.84. The molecule has 0 aliphatic carbocycles. The van der Waals surface area contributed by atoms with Gasteiger partial charge < -0.3 is 15.0 Å². The van der Waals surface area contributed by atoms with E-state index >= 15 is 0 Å². The van der Waals surface area contributed by atoms with Crippen molar-refractivity contribution >= 4 is 36.4 Å². The first-order valence-electron chi connectivity index (χ1n) is 6.66. The number of ether oxygens (including phenoxy) is 1. The molecule has 1 fully saturated rings. The molecule has 0 unspecified atom stereocenters. The second-order valence-corrected chi connectivity index (χ2v) is 5.04. The van der Waals surface area contributed by atoms with Gasteiger partial charge in [-0.3, -0.25) is 0 Å². The molecule has 2 rings (SSSR count). The maximum Gasteiger partial charge on any atom is 0.119 e. The zero-order chi connectivity index (χ0) is 12.6. The van der Waals surface area contributed by atoms with Crippen LogP contribution in [0.15, 0.2) is 24.3 Å². The number of nitrogens with one attached hydrogen (secondary N) is 1. The van der Waals surface area contributed by atoms with Gasteiger partial charge in [-0.1, -0.05) is 11.6 Å². The van der Waals surface area contributed by atoms with E-state index in [2.05, 4.69) is 10.2 Å². The molecule has 1 aromatic carbocycles. The minimum Gasteiger partial charge on any atom is -0.494 e. The lowest BCUT2D eigenvalue weighted by atomic mass is 10.2. The van der Waals surface area contributed by atoms with Gasteiger partial charge in [0.25, 0.3) is 0 Å². The molecular weight excluding hydrogens is 319 g/mol. The van der Waals surface area contributed by atoms with Crippen molar-refractivity contribution < 1.29 is 4.74 Å². The number of benzene rings is 1. The molecule has 20 heavy (non-hydrogen) atoms. The fourth-order valence-corrected chi connectivity index (χ4v) is 2.22. The van der Waals surface area contributed by atoms with E-state index in [-0.39, 0.29) is 24.8 Å². The summed E-state index contributed by atoms with van der Waals surface area (Å²) in [5.74, 6) is 0.904. The fraction of sp³-hybridized carbons (Fsp3) is 0.571. The highest BCUT2D eigenvalue weighted by molar-refractivity contribution is 6.30. The van der Waals surface area contributed by atoms with Gasteiger partial charge in [0.2, 0.25) is 0 Å². The molecule has 0 amide bonds. The maximum absolute atomic E-state index is 5.82. The predicted molar refractivity (Wildman–Crippen MR) is 90.0 cm³/mol. The van der Waals surface area contributed by atoms with Crippen molar-refractivity contribution in [3.05, 3.63) is 29.3 Å². The Morgan fingerprint density at radius 3 is 2.35 bits per heavy atom. The van der Waals surface area contributed by atoms with Crippen LogP contribution in [-0.2, 0) is 0 Å². The third kappa shape index (κ3) is 7.55. The zero-order valence-corrected chi connectivity index (χ0v) is 13.9. The van der Waals surface area contributed by atoms with Gasteiger partial charge in [0.15, 0.2) is 0 Å². The zero-order valence-electron chi connectivity index (χ0n) is 11.5. The van der Waals surface area contributed by atoms with Crippen LogP contribution in [0.3, 0.4) is 0 Å². The fourth-order valence-electron chi connectivity index (χ4n) is 2.09. The summed E-state index contributed by atoms with van der Waals surface area (Å²) in [5, 5.41) is 4.12. The second-order valence-electron chi connectivity index (χ2n) is 4.60. The Bertz CT molecular complexity index is 343. The van der Waals surface area contributed by atoms with Crippen LogP contribution in [0.25, 0.3) is 0 Å². The molecule has 1 aliphatic heterocycles. The number of hydrogen-bond donors (Lipinski definition) is 1. The van der Waals surface area contributed by atoms with Crippen LogP contribution in [-0.4, -0.2) is 44.2 Å². The van der Waals surface area contributed by atoms with E-state index in [1.165, 1.54) is 26.1 Å². The van der Waals surface area contributed by atoms with E-state index in [0.717, 1.165) is 36.9 Å². The van der Waals surface area contributed by atoms with Crippen molar-refractivity contribution in [2.45, 2.75) is 12.8 Å². The van der Waals surface area contributed by atoms with Crippen LogP contribution in [0.1, 0.15) is 12.8 Å². The summed E-state index contributed by atoms with van der Waals surface area (Å²) in [6.45, 7) is 6.58. The minimum absolute atomic E-state index is 0. The summed E-state index contributed by atoms with van der Waals surface area (Å²) >= 11 is 5.82. The van der Waals surface area contributed by atoms with Crippen molar-refractivity contribution in [1.29, 1.82) is 0 Å². The number of nitrogens with zero attached hydrogens (tertiary/aromatic N) is 1. The summed E-state index contributed by atoms with van der Waals surface area (Å²) in [5.41, 5.74) is 0. The summed E-state index contributed by atoms with van der Waals surface area (Å²) in [7, 11) is 0. The molecule has 6 heteroatoms. The maximum atomic E-state index is 5.82. The topological polar surface area (TPSA) is 24.5 Å². The summed E-state index contributed by atoms with van der Waals surface area (Å²) in [6.07, 6.45) is 2.31. The lowest BCUT2D eigenvalue weighted by Gasteiger charge is -2.26. The SMILES string of the molecule is Cl.Cl.Clc1ccc(OCCCCN2CCNCC2)cc1. The number of halogens is 3. The monoisotopic (exact) mass is 340 g/mol. The number of hydrogen-bond acceptors (Lipinski definition) is 3. The highest BCUT2D eigenvalue weighted by atomic mass is 35.5. The van der Waals surface area contributed by atoms with E-state index in [1.54, 1.807) is 0 Å². The van der Waals surface area contributed by atoms with Crippen molar-refractivity contribution in [3.8, 4) is 5.75 Å². The molecule has 0 radical (unpaired) electrons. The lowest BCUT2D eigenvalue weighted by Crippen LogP contribution is -2.43. The molecule has 1 heterocycles. The molecule has 0 aromatic heterocycles. The smallest absolute Gasteiger partial charge is 0.119 e. The van der Waals surface area contributed by atoms with Gasteiger partial charge in [-0.25, -0.2) is 0 Å². The Morgan fingerprint density at radius 2 is 1.70 bits per heavy atom. The van der Waals surface area contributed by atoms with Gasteiger partial charge in [-0.2, -0.15) is 0 Å². The minimum atomic E-state index is 0. The van der Waals surface area contributed by atoms with Crippen LogP contribution in [0.4, 0.5) is 0 Å². The normalized spacial score (nSPS) is 15.1. The Balaban J connectivity index is 0.00000180. The van der Waals surface area contributed by atoms with E-state index in [9.17, 15) is 0 Å². The third-order valence-corrected chi connectivity index (χ3v) is 3.41. The van der Waals surface area contributed by atoms with Crippen molar-refractivity contribution in [3.63, 3.8) is 0 Å².